The molecular weight excluding hydrogens is 260 g/mol. The number of hydrogen-bond donors (Lipinski definition) is 0. The first-order valence-electron chi connectivity index (χ1n) is 5.96. The monoisotopic (exact) mass is 278 g/mol. The number of amides is 1. The van der Waals surface area contributed by atoms with Gasteiger partial charge in [-0.05, 0) is 19.1 Å². The standard InChI is InChI=1S/C14H18N2O4/c1-9(8-15)16(2)14(17)10-6-11(18-3)13(20-5)12(7-10)19-4/h6-7,9H,1-5H3. The Kier molecular flexibility index (Phi) is 5.21. The summed E-state index contributed by atoms with van der Waals surface area (Å²) >= 11 is 0. The third kappa shape index (κ3) is 2.94. The molecule has 108 valence electrons. The number of ether oxygens (including phenoxy) is 3. The second-order valence-electron chi connectivity index (χ2n) is 4.14. The van der Waals surface area contributed by atoms with Crippen molar-refractivity contribution in [2.45, 2.75) is 13.0 Å². The molecule has 0 aromatic heterocycles. The molecule has 1 unspecified atom stereocenters. The van der Waals surface area contributed by atoms with Gasteiger partial charge >= 0.3 is 0 Å². The smallest absolute Gasteiger partial charge is 0.254 e. The van der Waals surface area contributed by atoms with E-state index in [2.05, 4.69) is 0 Å². The second kappa shape index (κ2) is 6.66. The molecule has 1 rings (SSSR count). The number of benzene rings is 1. The fourth-order valence-corrected chi connectivity index (χ4v) is 1.67. The summed E-state index contributed by atoms with van der Waals surface area (Å²) in [7, 11) is 6.02. The SMILES string of the molecule is COc1cc(C(=O)N(C)C(C)C#N)cc(OC)c1OC. The molecule has 20 heavy (non-hydrogen) atoms. The molecule has 0 radical (unpaired) electrons. The van der Waals surface area contributed by atoms with Gasteiger partial charge < -0.3 is 19.1 Å². The van der Waals surface area contributed by atoms with Crippen LogP contribution < -0.4 is 14.2 Å². The second-order valence-corrected chi connectivity index (χ2v) is 4.14. The zero-order chi connectivity index (χ0) is 15.3. The van der Waals surface area contributed by atoms with E-state index < -0.39 is 6.04 Å². The number of methoxy groups -OCH3 is 3. The minimum atomic E-state index is -0.526. The van der Waals surface area contributed by atoms with E-state index in [9.17, 15) is 4.79 Å². The van der Waals surface area contributed by atoms with Crippen molar-refractivity contribution in [3.8, 4) is 23.3 Å². The lowest BCUT2D eigenvalue weighted by molar-refractivity contribution is 0.0772. The largest absolute Gasteiger partial charge is 0.493 e. The predicted octanol–water partition coefficient (Wildman–Crippen LogP) is 1.70. The van der Waals surface area contributed by atoms with Crippen molar-refractivity contribution >= 4 is 5.91 Å². The molecule has 0 saturated carbocycles. The maximum atomic E-state index is 12.3. The maximum Gasteiger partial charge on any atom is 0.254 e. The average molecular weight is 278 g/mol. The Bertz CT molecular complexity index is 511. The highest BCUT2D eigenvalue weighted by Crippen LogP contribution is 2.38. The normalized spacial score (nSPS) is 11.2. The van der Waals surface area contributed by atoms with E-state index >= 15 is 0 Å². The number of nitrogens with zero attached hydrogens (tertiary/aromatic N) is 2. The highest BCUT2D eigenvalue weighted by molar-refractivity contribution is 5.95. The van der Waals surface area contributed by atoms with Crippen molar-refractivity contribution in [1.29, 1.82) is 5.26 Å². The Hall–Kier alpha value is -2.42. The van der Waals surface area contributed by atoms with Crippen LogP contribution in [0.2, 0.25) is 0 Å². The Labute approximate surface area is 118 Å². The lowest BCUT2D eigenvalue weighted by Gasteiger charge is -2.21. The molecule has 0 N–H and O–H groups in total. The lowest BCUT2D eigenvalue weighted by atomic mass is 10.1. The molecular formula is C14H18N2O4. The summed E-state index contributed by atoms with van der Waals surface area (Å²) in [5.41, 5.74) is 0.365. The van der Waals surface area contributed by atoms with Crippen LogP contribution in [0.5, 0.6) is 17.2 Å². The Morgan fingerprint density at radius 3 is 2.05 bits per heavy atom. The summed E-state index contributed by atoms with van der Waals surface area (Å²) in [5.74, 6) is 0.919. The van der Waals surface area contributed by atoms with Gasteiger partial charge in [0.05, 0.1) is 27.4 Å². The van der Waals surface area contributed by atoms with E-state index in [4.69, 9.17) is 19.5 Å². The first kappa shape index (κ1) is 15.6. The Balaban J connectivity index is 3.26. The van der Waals surface area contributed by atoms with Crippen molar-refractivity contribution in [3.05, 3.63) is 17.7 Å². The van der Waals surface area contributed by atoms with Crippen molar-refractivity contribution in [2.75, 3.05) is 28.4 Å². The number of carbonyl (C=O) groups is 1. The van der Waals surface area contributed by atoms with E-state index in [1.807, 2.05) is 6.07 Å². The van der Waals surface area contributed by atoms with Gasteiger partial charge in [0.15, 0.2) is 11.5 Å². The molecule has 0 aliphatic heterocycles. The van der Waals surface area contributed by atoms with Gasteiger partial charge in [-0.3, -0.25) is 4.79 Å². The fraction of sp³-hybridized carbons (Fsp3) is 0.429. The molecule has 6 nitrogen and oxygen atoms in total. The molecule has 1 amide bonds. The Morgan fingerprint density at radius 1 is 1.20 bits per heavy atom. The summed E-state index contributed by atoms with van der Waals surface area (Å²) in [6, 6.07) is 4.61. The highest BCUT2D eigenvalue weighted by Gasteiger charge is 2.21. The van der Waals surface area contributed by atoms with Crippen molar-refractivity contribution in [3.63, 3.8) is 0 Å². The van der Waals surface area contributed by atoms with Crippen LogP contribution in [0.3, 0.4) is 0 Å². The molecule has 0 aliphatic carbocycles. The summed E-state index contributed by atoms with van der Waals surface area (Å²) in [6.07, 6.45) is 0. The van der Waals surface area contributed by atoms with E-state index in [1.165, 1.54) is 26.2 Å². The van der Waals surface area contributed by atoms with Crippen LogP contribution in [0.4, 0.5) is 0 Å². The van der Waals surface area contributed by atoms with Gasteiger partial charge in [0, 0.05) is 12.6 Å². The molecule has 0 bridgehead atoms. The van der Waals surface area contributed by atoms with E-state index in [0.717, 1.165) is 0 Å². The van der Waals surface area contributed by atoms with Crippen molar-refractivity contribution in [1.82, 2.24) is 4.90 Å². The van der Waals surface area contributed by atoms with Crippen LogP contribution >= 0.6 is 0 Å². The lowest BCUT2D eigenvalue weighted by Crippen LogP contribution is -2.34. The molecule has 1 atom stereocenters. The van der Waals surface area contributed by atoms with Crippen LogP contribution in [-0.2, 0) is 0 Å². The van der Waals surface area contributed by atoms with Gasteiger partial charge in [-0.2, -0.15) is 5.26 Å². The topological polar surface area (TPSA) is 71.8 Å². The number of hydrogen-bond acceptors (Lipinski definition) is 5. The van der Waals surface area contributed by atoms with Crippen molar-refractivity contribution < 1.29 is 19.0 Å². The molecule has 0 aliphatic rings. The van der Waals surface area contributed by atoms with Gasteiger partial charge in [0.25, 0.3) is 5.91 Å². The van der Waals surface area contributed by atoms with Gasteiger partial charge in [-0.1, -0.05) is 0 Å². The fourth-order valence-electron chi connectivity index (χ4n) is 1.67. The van der Waals surface area contributed by atoms with E-state index in [0.29, 0.717) is 22.8 Å². The third-order valence-electron chi connectivity index (χ3n) is 3.00. The number of nitriles is 1. The van der Waals surface area contributed by atoms with Crippen LogP contribution in [0.1, 0.15) is 17.3 Å². The van der Waals surface area contributed by atoms with Gasteiger partial charge in [-0.25, -0.2) is 0 Å². The van der Waals surface area contributed by atoms with E-state index in [1.54, 1.807) is 26.1 Å². The summed E-state index contributed by atoms with van der Waals surface area (Å²) in [6.45, 7) is 1.65. The molecule has 0 saturated heterocycles. The maximum absolute atomic E-state index is 12.3. The first-order chi connectivity index (χ1) is 9.49. The van der Waals surface area contributed by atoms with Crippen LogP contribution in [0.15, 0.2) is 12.1 Å². The molecule has 1 aromatic carbocycles. The van der Waals surface area contributed by atoms with Gasteiger partial charge in [-0.15, -0.1) is 0 Å². The average Bonchev–Trinajstić information content (AvgIpc) is 2.50. The van der Waals surface area contributed by atoms with Crippen molar-refractivity contribution in [2.24, 2.45) is 0 Å². The van der Waals surface area contributed by atoms with Crippen LogP contribution in [0.25, 0.3) is 0 Å². The zero-order valence-corrected chi connectivity index (χ0v) is 12.3. The summed E-state index contributed by atoms with van der Waals surface area (Å²) in [4.78, 5) is 13.7. The summed E-state index contributed by atoms with van der Waals surface area (Å²) < 4.78 is 15.6. The molecule has 0 spiro atoms. The minimum absolute atomic E-state index is 0.293. The zero-order valence-electron chi connectivity index (χ0n) is 12.3. The summed E-state index contributed by atoms with van der Waals surface area (Å²) in [5, 5.41) is 8.87. The minimum Gasteiger partial charge on any atom is -0.493 e. The molecule has 6 heteroatoms. The quantitative estimate of drug-likeness (QED) is 0.819. The first-order valence-corrected chi connectivity index (χ1v) is 5.96. The highest BCUT2D eigenvalue weighted by atomic mass is 16.5. The van der Waals surface area contributed by atoms with Gasteiger partial charge in [0.2, 0.25) is 5.75 Å². The van der Waals surface area contributed by atoms with Crippen LogP contribution in [0, 0.1) is 11.3 Å². The van der Waals surface area contributed by atoms with Gasteiger partial charge in [0.1, 0.15) is 6.04 Å². The predicted molar refractivity (Wildman–Crippen MR) is 73.3 cm³/mol. The molecule has 0 heterocycles. The van der Waals surface area contributed by atoms with Crippen LogP contribution in [-0.4, -0.2) is 45.2 Å². The third-order valence-corrected chi connectivity index (χ3v) is 3.00. The Morgan fingerprint density at radius 2 is 1.70 bits per heavy atom. The number of rotatable bonds is 5. The molecule has 0 fully saturated rings. The number of carbonyl (C=O) groups excluding carboxylic acids is 1. The van der Waals surface area contributed by atoms with E-state index in [-0.39, 0.29) is 5.91 Å². The molecule has 1 aromatic rings.